The van der Waals surface area contributed by atoms with E-state index in [0.717, 1.165) is 17.6 Å². The Morgan fingerprint density at radius 1 is 1.27 bits per heavy atom. The molecule has 0 radical (unpaired) electrons. The predicted molar refractivity (Wildman–Crippen MR) is 96.1 cm³/mol. The average molecular weight is 307 g/mol. The molecule has 0 fully saturated rings. The van der Waals surface area contributed by atoms with E-state index in [1.807, 2.05) is 6.08 Å². The van der Waals surface area contributed by atoms with Crippen molar-refractivity contribution in [3.63, 3.8) is 0 Å². The van der Waals surface area contributed by atoms with E-state index in [4.69, 9.17) is 5.73 Å². The summed E-state index contributed by atoms with van der Waals surface area (Å²) in [6, 6.07) is 6.38. The van der Waals surface area contributed by atoms with Crippen LogP contribution >= 0.6 is 0 Å². The van der Waals surface area contributed by atoms with Crippen molar-refractivity contribution in [2.45, 2.75) is 26.4 Å². The Morgan fingerprint density at radius 3 is 2.73 bits per heavy atom. The van der Waals surface area contributed by atoms with Crippen LogP contribution in [0, 0.1) is 5.92 Å². The molecule has 2 N–H and O–H groups in total. The molecule has 1 atom stereocenters. The molecular weight excluding hydrogens is 286 g/mol. The molecule has 2 aliphatic carbocycles. The van der Waals surface area contributed by atoms with Gasteiger partial charge >= 0.3 is 0 Å². The second kappa shape index (κ2) is 5.65. The van der Waals surface area contributed by atoms with Gasteiger partial charge in [-0.1, -0.05) is 67.7 Å². The van der Waals surface area contributed by atoms with E-state index in [1.165, 1.54) is 16.3 Å². The summed E-state index contributed by atoms with van der Waals surface area (Å²) >= 11 is 0. The lowest BCUT2D eigenvalue weighted by molar-refractivity contribution is -0.114. The number of hydrogen-bond acceptors (Lipinski definition) is 1. The molecule has 0 saturated heterocycles. The van der Waals surface area contributed by atoms with Crippen molar-refractivity contribution in [1.29, 1.82) is 0 Å². The zero-order chi connectivity index (χ0) is 15.9. The van der Waals surface area contributed by atoms with Gasteiger partial charge in [-0.3, -0.25) is 4.79 Å². The van der Waals surface area contributed by atoms with Crippen LogP contribution in [0.1, 0.15) is 23.6 Å². The van der Waals surface area contributed by atoms with Gasteiger partial charge in [0.2, 0.25) is 5.91 Å². The number of carbonyl (C=O) groups excluding carboxylic acids is 1. The molecule has 3 rings (SSSR count). The molecule has 1 amide bonds. The highest BCUT2D eigenvalue weighted by atomic mass is 28.2. The van der Waals surface area contributed by atoms with Crippen LogP contribution in [0.15, 0.2) is 42.0 Å². The van der Waals surface area contributed by atoms with Gasteiger partial charge in [0.1, 0.15) is 0 Å². The summed E-state index contributed by atoms with van der Waals surface area (Å²) < 4.78 is 0. The number of fused-ring (bicyclic) bond motifs is 1. The van der Waals surface area contributed by atoms with Crippen LogP contribution in [0.2, 0.25) is 13.1 Å². The maximum atomic E-state index is 12.0. The number of hydrogen-bond donors (Lipinski definition) is 1. The van der Waals surface area contributed by atoms with Crippen molar-refractivity contribution in [2.75, 3.05) is 0 Å². The number of amides is 1. The summed E-state index contributed by atoms with van der Waals surface area (Å²) in [6.45, 7) is 6.78. The topological polar surface area (TPSA) is 43.1 Å². The quantitative estimate of drug-likeness (QED) is 0.838. The lowest BCUT2D eigenvalue weighted by Gasteiger charge is -2.26. The molecule has 1 aromatic carbocycles. The van der Waals surface area contributed by atoms with E-state index < -0.39 is 8.41 Å². The van der Waals surface area contributed by atoms with Gasteiger partial charge in [-0.2, -0.15) is 0 Å². The van der Waals surface area contributed by atoms with Gasteiger partial charge in [-0.15, -0.1) is 0 Å². The molecule has 112 valence electrons. The number of benzene rings is 1. The number of allylic oxidation sites excluding steroid dienone is 3. The zero-order valence-corrected chi connectivity index (χ0v) is 14.3. The molecule has 2 nitrogen and oxygen atoms in total. The first kappa shape index (κ1) is 14.9. The molecule has 1 unspecified atom stereocenters. The maximum Gasteiger partial charge on any atom is 0.249 e. The second-order valence-electron chi connectivity index (χ2n) is 6.20. The molecule has 0 saturated carbocycles. The van der Waals surface area contributed by atoms with E-state index in [-0.39, 0.29) is 5.91 Å². The molecule has 3 heteroatoms. The van der Waals surface area contributed by atoms with E-state index >= 15 is 0 Å². The lowest BCUT2D eigenvalue weighted by Crippen LogP contribution is -2.27. The van der Waals surface area contributed by atoms with Gasteiger partial charge in [0.15, 0.2) is 0 Å². The van der Waals surface area contributed by atoms with Crippen molar-refractivity contribution in [3.8, 4) is 0 Å². The molecular formula is C19H21NOSi. The lowest BCUT2D eigenvalue weighted by atomic mass is 9.83. The first-order chi connectivity index (χ1) is 10.5. The Morgan fingerprint density at radius 2 is 2.05 bits per heavy atom. The number of nitrogens with two attached hydrogens (primary N) is 1. The van der Waals surface area contributed by atoms with Gasteiger partial charge < -0.3 is 5.73 Å². The Bertz CT molecular complexity index is 777. The molecule has 1 aromatic rings. The normalized spacial score (nSPS) is 19.6. The number of carbonyl (C=O) groups is 1. The molecule has 0 aromatic heterocycles. The maximum absolute atomic E-state index is 12.0. The fraction of sp³-hybridized carbons (Fsp3) is 0.263. The first-order valence-corrected chi connectivity index (χ1v) is 10.2. The monoisotopic (exact) mass is 307 g/mol. The Labute approximate surface area is 133 Å². The summed E-state index contributed by atoms with van der Waals surface area (Å²) in [5, 5.41) is 1.40. The third-order valence-electron chi connectivity index (χ3n) is 4.44. The molecule has 0 bridgehead atoms. The molecule has 0 aliphatic heterocycles. The van der Waals surface area contributed by atoms with Crippen molar-refractivity contribution >= 4 is 31.1 Å². The minimum atomic E-state index is -0.686. The number of rotatable bonds is 2. The number of primary amides is 1. The molecule has 22 heavy (non-hydrogen) atoms. The Balaban J connectivity index is 2.35. The van der Waals surface area contributed by atoms with E-state index in [2.05, 4.69) is 56.4 Å². The minimum Gasteiger partial charge on any atom is -0.366 e. The van der Waals surface area contributed by atoms with Crippen molar-refractivity contribution < 1.29 is 4.79 Å². The molecule has 0 spiro atoms. The van der Waals surface area contributed by atoms with Gasteiger partial charge in [-0.05, 0) is 34.6 Å². The van der Waals surface area contributed by atoms with Gasteiger partial charge in [0.25, 0.3) is 0 Å². The Kier molecular flexibility index (Phi) is 3.83. The minimum absolute atomic E-state index is 0.335. The van der Waals surface area contributed by atoms with E-state index in [9.17, 15) is 4.79 Å². The van der Waals surface area contributed by atoms with Crippen molar-refractivity contribution in [2.24, 2.45) is 11.7 Å². The highest BCUT2D eigenvalue weighted by Crippen LogP contribution is 2.35. The van der Waals surface area contributed by atoms with Crippen LogP contribution in [0.3, 0.4) is 0 Å². The van der Waals surface area contributed by atoms with Crippen LogP contribution in [0.4, 0.5) is 0 Å². The Hall–Kier alpha value is -2.00. The van der Waals surface area contributed by atoms with E-state index in [0.29, 0.717) is 11.5 Å². The van der Waals surface area contributed by atoms with E-state index in [1.54, 1.807) is 0 Å². The molecule has 2 aliphatic rings. The molecule has 0 heterocycles. The second-order valence-corrected chi connectivity index (χ2v) is 8.74. The summed E-state index contributed by atoms with van der Waals surface area (Å²) in [7, 11) is -0.686. The SMILES string of the molecule is CC1C=CC(C(N)=O)=C(c2cccc3c2C=CC3)C1=[Si](C)C. The highest BCUT2D eigenvalue weighted by Gasteiger charge is 2.26. The van der Waals surface area contributed by atoms with Crippen LogP contribution in [0.25, 0.3) is 11.6 Å². The van der Waals surface area contributed by atoms with Gasteiger partial charge in [-0.25, -0.2) is 0 Å². The fourth-order valence-corrected chi connectivity index (χ4v) is 5.28. The first-order valence-electron chi connectivity index (χ1n) is 7.69. The highest BCUT2D eigenvalue weighted by molar-refractivity contribution is 6.77. The average Bonchev–Trinajstić information content (AvgIpc) is 2.94. The van der Waals surface area contributed by atoms with Crippen molar-refractivity contribution in [3.05, 3.63) is 58.7 Å². The third kappa shape index (κ3) is 2.35. The van der Waals surface area contributed by atoms with Crippen molar-refractivity contribution in [1.82, 2.24) is 0 Å². The van der Waals surface area contributed by atoms with Gasteiger partial charge in [0.05, 0.1) is 0 Å². The standard InChI is InChI=1S/C19H21NOSi/c1-12-10-11-16(19(20)21)17(18(12)22(2)3)15-9-5-7-13-6-4-8-14(13)15/h4-5,7-12H,6H2,1-3H3,(H2,20,21). The van der Waals surface area contributed by atoms with Crippen LogP contribution in [0.5, 0.6) is 0 Å². The smallest absolute Gasteiger partial charge is 0.249 e. The summed E-state index contributed by atoms with van der Waals surface area (Å²) in [6.07, 6.45) is 9.35. The van der Waals surface area contributed by atoms with Crippen LogP contribution < -0.4 is 5.73 Å². The summed E-state index contributed by atoms with van der Waals surface area (Å²) in [5.41, 5.74) is 11.2. The zero-order valence-electron chi connectivity index (χ0n) is 13.3. The van der Waals surface area contributed by atoms with Gasteiger partial charge in [0, 0.05) is 14.0 Å². The largest absolute Gasteiger partial charge is 0.366 e. The van der Waals surface area contributed by atoms with Crippen LogP contribution in [-0.2, 0) is 11.2 Å². The van der Waals surface area contributed by atoms with Crippen LogP contribution in [-0.4, -0.2) is 19.5 Å². The fourth-order valence-electron chi connectivity index (χ4n) is 3.50. The predicted octanol–water partition coefficient (Wildman–Crippen LogP) is 3.21. The third-order valence-corrected chi connectivity index (χ3v) is 6.22. The summed E-state index contributed by atoms with van der Waals surface area (Å²) in [4.78, 5) is 12.0. The summed E-state index contributed by atoms with van der Waals surface area (Å²) in [5.74, 6) is 0.0294.